The number of H-pyrrole nitrogens is 1. The van der Waals surface area contributed by atoms with E-state index in [4.69, 9.17) is 4.74 Å². The first-order valence-corrected chi connectivity index (χ1v) is 5.74. The first kappa shape index (κ1) is 11.6. The Morgan fingerprint density at radius 1 is 1.59 bits per heavy atom. The number of carbonyl (C=O) groups is 2. The van der Waals surface area contributed by atoms with E-state index in [1.54, 1.807) is 6.92 Å². The van der Waals surface area contributed by atoms with Crippen LogP contribution in [0.1, 0.15) is 47.2 Å². The van der Waals surface area contributed by atoms with E-state index in [0.29, 0.717) is 6.61 Å². The number of hydrogen-bond donors (Lipinski definition) is 2. The van der Waals surface area contributed by atoms with Crippen LogP contribution in [-0.2, 0) is 4.74 Å². The summed E-state index contributed by atoms with van der Waals surface area (Å²) in [4.78, 5) is 23.0. The minimum atomic E-state index is -0.498. The number of nitrogens with one attached hydrogen (secondary N) is 2. The van der Waals surface area contributed by atoms with Gasteiger partial charge >= 0.3 is 5.97 Å². The van der Waals surface area contributed by atoms with Gasteiger partial charge in [0.1, 0.15) is 5.69 Å². The standard InChI is InChI=1S/C11H15N3O3/c1-2-17-11(16)9-6-8(13-14-9)10(15)12-7-4-3-5-7/h6-7H,2-5H2,1H3,(H,12,15)(H,13,14). The van der Waals surface area contributed by atoms with Gasteiger partial charge in [0.25, 0.3) is 5.91 Å². The van der Waals surface area contributed by atoms with Crippen molar-refractivity contribution < 1.29 is 14.3 Å². The molecule has 1 aliphatic rings. The van der Waals surface area contributed by atoms with Crippen molar-refractivity contribution in [2.45, 2.75) is 32.2 Å². The number of aromatic amines is 1. The normalized spacial score (nSPS) is 15.1. The zero-order valence-electron chi connectivity index (χ0n) is 9.66. The summed E-state index contributed by atoms with van der Waals surface area (Å²) in [6.45, 7) is 2.01. The molecule has 17 heavy (non-hydrogen) atoms. The zero-order chi connectivity index (χ0) is 12.3. The van der Waals surface area contributed by atoms with E-state index in [0.717, 1.165) is 19.3 Å². The summed E-state index contributed by atoms with van der Waals surface area (Å²) in [5, 5.41) is 9.13. The molecule has 1 aromatic rings. The summed E-state index contributed by atoms with van der Waals surface area (Å²) in [7, 11) is 0. The van der Waals surface area contributed by atoms with Crippen LogP contribution in [-0.4, -0.2) is 34.7 Å². The highest BCUT2D eigenvalue weighted by atomic mass is 16.5. The second-order valence-corrected chi connectivity index (χ2v) is 3.99. The zero-order valence-corrected chi connectivity index (χ0v) is 9.66. The molecular formula is C11H15N3O3. The van der Waals surface area contributed by atoms with Crippen LogP contribution >= 0.6 is 0 Å². The summed E-state index contributed by atoms with van der Waals surface area (Å²) in [6.07, 6.45) is 3.18. The second-order valence-electron chi connectivity index (χ2n) is 3.99. The van der Waals surface area contributed by atoms with E-state index in [2.05, 4.69) is 15.5 Å². The van der Waals surface area contributed by atoms with E-state index >= 15 is 0 Å². The molecule has 0 aromatic carbocycles. The van der Waals surface area contributed by atoms with Crippen molar-refractivity contribution in [1.29, 1.82) is 0 Å². The highest BCUT2D eigenvalue weighted by Gasteiger charge is 2.22. The predicted octanol–water partition coefficient (Wildman–Crippen LogP) is 0.869. The van der Waals surface area contributed by atoms with E-state index in [9.17, 15) is 9.59 Å². The Hall–Kier alpha value is -1.85. The molecule has 1 fully saturated rings. The van der Waals surface area contributed by atoms with E-state index in [-0.39, 0.29) is 23.3 Å². The van der Waals surface area contributed by atoms with Crippen molar-refractivity contribution in [3.63, 3.8) is 0 Å². The molecule has 2 rings (SSSR count). The van der Waals surface area contributed by atoms with Gasteiger partial charge in [0.2, 0.25) is 0 Å². The topological polar surface area (TPSA) is 84.1 Å². The molecule has 0 saturated heterocycles. The Morgan fingerprint density at radius 3 is 2.94 bits per heavy atom. The van der Waals surface area contributed by atoms with Gasteiger partial charge in [0, 0.05) is 12.1 Å². The van der Waals surface area contributed by atoms with E-state index in [1.807, 2.05) is 0 Å². The minimum Gasteiger partial charge on any atom is -0.461 e. The van der Waals surface area contributed by atoms with Gasteiger partial charge in [-0.25, -0.2) is 4.79 Å². The van der Waals surface area contributed by atoms with Gasteiger partial charge in [-0.15, -0.1) is 0 Å². The van der Waals surface area contributed by atoms with Crippen LogP contribution in [0.15, 0.2) is 6.07 Å². The summed E-state index contributed by atoms with van der Waals surface area (Å²) >= 11 is 0. The average Bonchev–Trinajstić information content (AvgIpc) is 2.72. The molecule has 2 N–H and O–H groups in total. The van der Waals surface area contributed by atoms with Crippen LogP contribution < -0.4 is 5.32 Å². The number of hydrogen-bond acceptors (Lipinski definition) is 4. The van der Waals surface area contributed by atoms with Crippen molar-refractivity contribution in [3.05, 3.63) is 17.5 Å². The lowest BCUT2D eigenvalue weighted by molar-refractivity contribution is 0.0519. The molecule has 0 radical (unpaired) electrons. The Balaban J connectivity index is 1.96. The van der Waals surface area contributed by atoms with Gasteiger partial charge in [0.15, 0.2) is 5.69 Å². The Bertz CT molecular complexity index is 423. The average molecular weight is 237 g/mol. The van der Waals surface area contributed by atoms with Gasteiger partial charge in [-0.3, -0.25) is 9.89 Å². The Labute approximate surface area is 98.7 Å². The molecule has 0 aliphatic heterocycles. The third kappa shape index (κ3) is 2.64. The monoisotopic (exact) mass is 237 g/mol. The maximum absolute atomic E-state index is 11.7. The van der Waals surface area contributed by atoms with Crippen molar-refractivity contribution in [1.82, 2.24) is 15.5 Å². The molecular weight excluding hydrogens is 222 g/mol. The van der Waals surface area contributed by atoms with Gasteiger partial charge in [-0.2, -0.15) is 5.10 Å². The van der Waals surface area contributed by atoms with Crippen molar-refractivity contribution in [2.24, 2.45) is 0 Å². The highest BCUT2D eigenvalue weighted by molar-refractivity contribution is 5.95. The lowest BCUT2D eigenvalue weighted by Crippen LogP contribution is -2.39. The summed E-state index contributed by atoms with van der Waals surface area (Å²) in [5.41, 5.74) is 0.422. The molecule has 1 heterocycles. The Morgan fingerprint density at radius 2 is 2.35 bits per heavy atom. The summed E-state index contributed by atoms with van der Waals surface area (Å²) in [5.74, 6) is -0.746. The van der Waals surface area contributed by atoms with Gasteiger partial charge in [-0.1, -0.05) is 0 Å². The number of rotatable bonds is 4. The van der Waals surface area contributed by atoms with Crippen molar-refractivity contribution in [2.75, 3.05) is 6.61 Å². The van der Waals surface area contributed by atoms with Gasteiger partial charge < -0.3 is 10.1 Å². The fraction of sp³-hybridized carbons (Fsp3) is 0.545. The third-order valence-corrected chi connectivity index (χ3v) is 2.75. The molecule has 6 heteroatoms. The number of nitrogens with zero attached hydrogens (tertiary/aromatic N) is 1. The number of ether oxygens (including phenoxy) is 1. The van der Waals surface area contributed by atoms with Crippen LogP contribution in [0.5, 0.6) is 0 Å². The van der Waals surface area contributed by atoms with Crippen molar-refractivity contribution >= 4 is 11.9 Å². The fourth-order valence-corrected chi connectivity index (χ4v) is 1.56. The van der Waals surface area contributed by atoms with Crippen LogP contribution in [0.4, 0.5) is 0 Å². The molecule has 1 amide bonds. The number of esters is 1. The lowest BCUT2D eigenvalue weighted by Gasteiger charge is -2.25. The summed E-state index contributed by atoms with van der Waals surface area (Å²) < 4.78 is 4.79. The molecule has 0 bridgehead atoms. The third-order valence-electron chi connectivity index (χ3n) is 2.75. The SMILES string of the molecule is CCOC(=O)c1cc(C(=O)NC2CCC2)n[nH]1. The van der Waals surface area contributed by atoms with Crippen molar-refractivity contribution in [3.8, 4) is 0 Å². The molecule has 1 aliphatic carbocycles. The smallest absolute Gasteiger partial charge is 0.356 e. The second kappa shape index (κ2) is 4.99. The molecule has 92 valence electrons. The van der Waals surface area contributed by atoms with Crippen LogP contribution in [0.3, 0.4) is 0 Å². The van der Waals surface area contributed by atoms with Crippen LogP contribution in [0.2, 0.25) is 0 Å². The maximum atomic E-state index is 11.7. The fourth-order valence-electron chi connectivity index (χ4n) is 1.56. The van der Waals surface area contributed by atoms with E-state index < -0.39 is 5.97 Å². The molecule has 1 aromatic heterocycles. The van der Waals surface area contributed by atoms with Gasteiger partial charge in [-0.05, 0) is 26.2 Å². The molecule has 0 spiro atoms. The number of aromatic nitrogens is 2. The summed E-state index contributed by atoms with van der Waals surface area (Å²) in [6, 6.07) is 1.66. The number of amides is 1. The largest absolute Gasteiger partial charge is 0.461 e. The molecule has 0 unspecified atom stereocenters. The van der Waals surface area contributed by atoms with Gasteiger partial charge in [0.05, 0.1) is 6.61 Å². The molecule has 1 saturated carbocycles. The minimum absolute atomic E-state index is 0.200. The lowest BCUT2D eigenvalue weighted by atomic mass is 9.93. The van der Waals surface area contributed by atoms with Crippen LogP contribution in [0, 0.1) is 0 Å². The molecule has 6 nitrogen and oxygen atoms in total. The maximum Gasteiger partial charge on any atom is 0.356 e. The molecule has 0 atom stereocenters. The first-order valence-electron chi connectivity index (χ1n) is 5.74. The Kier molecular flexibility index (Phi) is 3.41. The first-order chi connectivity index (χ1) is 8.20. The van der Waals surface area contributed by atoms with E-state index in [1.165, 1.54) is 6.07 Å². The van der Waals surface area contributed by atoms with Crippen LogP contribution in [0.25, 0.3) is 0 Å². The number of carbonyl (C=O) groups excluding carboxylic acids is 2. The predicted molar refractivity (Wildman–Crippen MR) is 59.6 cm³/mol. The highest BCUT2D eigenvalue weighted by Crippen LogP contribution is 2.18. The quantitative estimate of drug-likeness (QED) is 0.761.